The van der Waals surface area contributed by atoms with E-state index in [0.717, 1.165) is 0 Å². The molecular formula is C24H33N5O7. The van der Waals surface area contributed by atoms with E-state index in [9.17, 15) is 14.4 Å². The van der Waals surface area contributed by atoms with Crippen LogP contribution in [0.4, 0.5) is 10.5 Å². The van der Waals surface area contributed by atoms with Crippen LogP contribution >= 0.6 is 0 Å². The number of aryl methyl sites for hydroxylation is 1. The van der Waals surface area contributed by atoms with Gasteiger partial charge in [0.05, 0.1) is 44.9 Å². The molecule has 1 unspecified atom stereocenters. The Labute approximate surface area is 210 Å². The van der Waals surface area contributed by atoms with Crippen molar-refractivity contribution in [2.75, 3.05) is 59.4 Å². The minimum Gasteiger partial charge on any atom is -0.493 e. The van der Waals surface area contributed by atoms with E-state index in [-0.39, 0.29) is 23.3 Å². The predicted octanol–water partition coefficient (Wildman–Crippen LogP) is 2.33. The van der Waals surface area contributed by atoms with Crippen molar-refractivity contribution < 1.29 is 33.3 Å². The maximum absolute atomic E-state index is 13.1. The van der Waals surface area contributed by atoms with E-state index in [1.54, 1.807) is 48.9 Å². The Bertz CT molecular complexity index is 1110. The molecule has 1 aliphatic heterocycles. The molecule has 2 aromatic rings. The molecule has 0 radical (unpaired) electrons. The van der Waals surface area contributed by atoms with Crippen molar-refractivity contribution in [3.63, 3.8) is 0 Å². The van der Waals surface area contributed by atoms with Crippen molar-refractivity contribution in [1.29, 1.82) is 0 Å². The lowest BCUT2D eigenvalue weighted by Gasteiger charge is -2.35. The quantitative estimate of drug-likeness (QED) is 0.582. The third-order valence-electron chi connectivity index (χ3n) is 5.99. The van der Waals surface area contributed by atoms with Crippen LogP contribution in [0.25, 0.3) is 0 Å². The zero-order valence-electron chi connectivity index (χ0n) is 21.5. The second-order valence-electron chi connectivity index (χ2n) is 8.13. The van der Waals surface area contributed by atoms with Gasteiger partial charge >= 0.3 is 6.09 Å². The number of hydrogen-bond donors (Lipinski definition) is 1. The monoisotopic (exact) mass is 503 g/mol. The number of piperazine rings is 1. The van der Waals surface area contributed by atoms with Crippen molar-refractivity contribution in [3.8, 4) is 17.2 Å². The van der Waals surface area contributed by atoms with E-state index in [4.69, 9.17) is 18.9 Å². The Morgan fingerprint density at radius 1 is 1.00 bits per heavy atom. The van der Waals surface area contributed by atoms with Gasteiger partial charge in [0.2, 0.25) is 11.7 Å². The van der Waals surface area contributed by atoms with E-state index < -0.39 is 11.9 Å². The molecule has 0 aliphatic carbocycles. The molecule has 1 aromatic heterocycles. The molecule has 0 saturated carbocycles. The Morgan fingerprint density at radius 3 is 2.22 bits per heavy atom. The van der Waals surface area contributed by atoms with Gasteiger partial charge < -0.3 is 34.1 Å². The van der Waals surface area contributed by atoms with Crippen LogP contribution in [0.3, 0.4) is 0 Å². The summed E-state index contributed by atoms with van der Waals surface area (Å²) in [6.45, 7) is 7.18. The minimum atomic E-state index is -0.598. The second-order valence-corrected chi connectivity index (χ2v) is 8.13. The molecule has 1 aromatic carbocycles. The number of nitrogens with one attached hydrogen (secondary N) is 1. The summed E-state index contributed by atoms with van der Waals surface area (Å²) in [4.78, 5) is 41.3. The Balaban J connectivity index is 1.70. The summed E-state index contributed by atoms with van der Waals surface area (Å²) in [5.41, 5.74) is 1.27. The van der Waals surface area contributed by atoms with Gasteiger partial charge in [-0.1, -0.05) is 0 Å². The lowest BCUT2D eigenvalue weighted by Crippen LogP contribution is -2.52. The van der Waals surface area contributed by atoms with E-state index in [1.807, 2.05) is 0 Å². The van der Waals surface area contributed by atoms with Crippen LogP contribution in [0, 0.1) is 6.92 Å². The van der Waals surface area contributed by atoms with E-state index in [2.05, 4.69) is 10.4 Å². The summed E-state index contributed by atoms with van der Waals surface area (Å²) in [5.74, 6) is 0.433. The molecule has 36 heavy (non-hydrogen) atoms. The average molecular weight is 504 g/mol. The largest absolute Gasteiger partial charge is 0.493 e. The van der Waals surface area contributed by atoms with Gasteiger partial charge in [-0.15, -0.1) is 0 Å². The lowest BCUT2D eigenvalue weighted by atomic mass is 10.1. The maximum atomic E-state index is 13.1. The molecule has 1 N–H and O–H groups in total. The first-order valence-electron chi connectivity index (χ1n) is 11.6. The van der Waals surface area contributed by atoms with Gasteiger partial charge in [0.25, 0.3) is 5.91 Å². The number of hydrogen-bond acceptors (Lipinski definition) is 8. The number of benzene rings is 1. The zero-order chi connectivity index (χ0) is 26.4. The first-order chi connectivity index (χ1) is 17.2. The van der Waals surface area contributed by atoms with E-state index in [1.165, 1.54) is 26.0 Å². The summed E-state index contributed by atoms with van der Waals surface area (Å²) in [5, 5.41) is 7.27. The van der Waals surface area contributed by atoms with E-state index in [0.29, 0.717) is 55.7 Å². The van der Waals surface area contributed by atoms with Gasteiger partial charge in [-0.25, -0.2) is 4.79 Å². The molecule has 1 atom stereocenters. The van der Waals surface area contributed by atoms with Crippen LogP contribution < -0.4 is 19.5 Å². The van der Waals surface area contributed by atoms with Crippen LogP contribution in [-0.4, -0.2) is 91.6 Å². The number of ether oxygens (including phenoxy) is 4. The number of nitrogens with zero attached hydrogens (tertiary/aromatic N) is 4. The van der Waals surface area contributed by atoms with Gasteiger partial charge in [-0.2, -0.15) is 5.10 Å². The number of carbonyl (C=O) groups is 3. The number of anilines is 1. The lowest BCUT2D eigenvalue weighted by molar-refractivity contribution is -0.136. The van der Waals surface area contributed by atoms with Crippen LogP contribution in [0.5, 0.6) is 17.2 Å². The SMILES string of the molecule is CCOC(=O)N1CCN(C(=O)C(C)n2cc(NC(=O)c3ccc(OC)c(OC)c3OC)c(C)n2)CC1. The van der Waals surface area contributed by atoms with Crippen molar-refractivity contribution in [3.05, 3.63) is 29.6 Å². The second kappa shape index (κ2) is 11.6. The predicted molar refractivity (Wildman–Crippen MR) is 131 cm³/mol. The first kappa shape index (κ1) is 26.6. The third kappa shape index (κ3) is 5.47. The molecule has 0 spiro atoms. The highest BCUT2D eigenvalue weighted by Crippen LogP contribution is 2.40. The van der Waals surface area contributed by atoms with Crippen LogP contribution in [0.1, 0.15) is 35.9 Å². The minimum absolute atomic E-state index is 0.125. The highest BCUT2D eigenvalue weighted by molar-refractivity contribution is 6.07. The normalized spacial score (nSPS) is 14.2. The highest BCUT2D eigenvalue weighted by Gasteiger charge is 2.29. The summed E-state index contributed by atoms with van der Waals surface area (Å²) in [6.07, 6.45) is 1.25. The van der Waals surface area contributed by atoms with Gasteiger partial charge in [-0.3, -0.25) is 14.3 Å². The van der Waals surface area contributed by atoms with Crippen LogP contribution in [-0.2, 0) is 9.53 Å². The standard InChI is InChI=1S/C24H33N5O7/c1-7-36-24(32)28-12-10-27(11-13-28)23(31)16(3)29-14-18(15(2)26-29)25-22(30)17-8-9-19(33-4)21(35-6)20(17)34-5/h8-9,14,16H,7,10-13H2,1-6H3,(H,25,30). The number of aromatic nitrogens is 2. The highest BCUT2D eigenvalue weighted by atomic mass is 16.6. The number of amides is 3. The van der Waals surface area contributed by atoms with Crippen molar-refractivity contribution in [1.82, 2.24) is 19.6 Å². The van der Waals surface area contributed by atoms with Crippen LogP contribution in [0.15, 0.2) is 18.3 Å². The molecule has 12 nitrogen and oxygen atoms in total. The maximum Gasteiger partial charge on any atom is 0.409 e. The van der Waals surface area contributed by atoms with Crippen molar-refractivity contribution >= 4 is 23.6 Å². The summed E-state index contributed by atoms with van der Waals surface area (Å²) in [6, 6.07) is 2.60. The zero-order valence-corrected chi connectivity index (χ0v) is 21.5. The molecular weight excluding hydrogens is 470 g/mol. The molecule has 0 bridgehead atoms. The fourth-order valence-electron chi connectivity index (χ4n) is 3.97. The molecule has 196 valence electrons. The van der Waals surface area contributed by atoms with Gasteiger partial charge in [-0.05, 0) is 32.9 Å². The fourth-order valence-corrected chi connectivity index (χ4v) is 3.97. The topological polar surface area (TPSA) is 124 Å². The Hall–Kier alpha value is -3.96. The van der Waals surface area contributed by atoms with Gasteiger partial charge in [0.1, 0.15) is 6.04 Å². The van der Waals surface area contributed by atoms with E-state index >= 15 is 0 Å². The Kier molecular flexibility index (Phi) is 8.62. The molecule has 2 heterocycles. The van der Waals surface area contributed by atoms with Crippen LogP contribution in [0.2, 0.25) is 0 Å². The molecule has 1 saturated heterocycles. The third-order valence-corrected chi connectivity index (χ3v) is 5.99. The fraction of sp³-hybridized carbons (Fsp3) is 0.500. The van der Waals surface area contributed by atoms with Crippen molar-refractivity contribution in [2.24, 2.45) is 0 Å². The molecule has 1 fully saturated rings. The van der Waals surface area contributed by atoms with Gasteiger partial charge in [0.15, 0.2) is 11.5 Å². The number of methoxy groups -OCH3 is 3. The molecule has 3 rings (SSSR count). The Morgan fingerprint density at radius 2 is 1.64 bits per heavy atom. The summed E-state index contributed by atoms with van der Waals surface area (Å²) in [7, 11) is 4.40. The molecule has 12 heteroatoms. The summed E-state index contributed by atoms with van der Waals surface area (Å²) >= 11 is 0. The molecule has 1 aliphatic rings. The number of rotatable bonds is 8. The van der Waals surface area contributed by atoms with Crippen molar-refractivity contribution in [2.45, 2.75) is 26.8 Å². The smallest absolute Gasteiger partial charge is 0.409 e. The van der Waals surface area contributed by atoms with Gasteiger partial charge in [0, 0.05) is 32.4 Å². The number of carbonyl (C=O) groups excluding carboxylic acids is 3. The molecule has 3 amide bonds. The first-order valence-corrected chi connectivity index (χ1v) is 11.6. The average Bonchev–Trinajstić information content (AvgIpc) is 3.26. The summed E-state index contributed by atoms with van der Waals surface area (Å²) < 4.78 is 22.6.